The summed E-state index contributed by atoms with van der Waals surface area (Å²) in [5, 5.41) is 0.0262. The Labute approximate surface area is 130 Å². The zero-order chi connectivity index (χ0) is 15.9. The zero-order valence-corrected chi connectivity index (χ0v) is 12.6. The lowest BCUT2D eigenvalue weighted by Gasteiger charge is -2.31. The van der Waals surface area contributed by atoms with Crippen molar-refractivity contribution in [1.29, 1.82) is 0 Å². The summed E-state index contributed by atoms with van der Waals surface area (Å²) < 4.78 is 19.3. The fraction of sp³-hybridized carbons (Fsp3) is 0.333. The largest absolute Gasteiger partial charge is 0.375 e. The van der Waals surface area contributed by atoms with Crippen LogP contribution in [0.3, 0.4) is 0 Å². The van der Waals surface area contributed by atoms with Crippen LogP contribution >= 0.6 is 11.6 Å². The van der Waals surface area contributed by atoms with Crippen molar-refractivity contribution in [2.45, 2.75) is 13.0 Å². The SMILES string of the molecule is C[C@@H]1CN(C(=O)c2c[nH]c3c(F)c(Cl)ccc3c2=O)CCO1. The Kier molecular flexibility index (Phi) is 3.88. The van der Waals surface area contributed by atoms with Crippen LogP contribution in [0.25, 0.3) is 10.9 Å². The third kappa shape index (κ3) is 2.48. The summed E-state index contributed by atoms with van der Waals surface area (Å²) in [4.78, 5) is 29.2. The van der Waals surface area contributed by atoms with E-state index in [1.165, 1.54) is 18.3 Å². The first-order valence-electron chi connectivity index (χ1n) is 6.89. The molecule has 1 N–H and O–H groups in total. The number of rotatable bonds is 1. The minimum atomic E-state index is -0.699. The number of benzene rings is 1. The van der Waals surface area contributed by atoms with Crippen molar-refractivity contribution >= 4 is 28.4 Å². The number of halogens is 2. The number of amides is 1. The van der Waals surface area contributed by atoms with E-state index in [9.17, 15) is 14.0 Å². The number of nitrogens with one attached hydrogen (secondary N) is 1. The number of carbonyl (C=O) groups is 1. The highest BCUT2D eigenvalue weighted by Gasteiger charge is 2.25. The number of aromatic nitrogens is 1. The molecule has 7 heteroatoms. The van der Waals surface area contributed by atoms with Crippen LogP contribution < -0.4 is 5.43 Å². The first-order chi connectivity index (χ1) is 10.5. The number of aromatic amines is 1. The average Bonchev–Trinajstić information content (AvgIpc) is 2.51. The Morgan fingerprint density at radius 1 is 1.50 bits per heavy atom. The summed E-state index contributed by atoms with van der Waals surface area (Å²) in [6, 6.07) is 2.72. The van der Waals surface area contributed by atoms with E-state index in [0.29, 0.717) is 19.7 Å². The standard InChI is InChI=1S/C15H14ClFN2O3/c1-8-7-19(4-5-22-8)15(21)10-6-18-13-9(14(10)20)2-3-11(16)12(13)17/h2-3,6,8H,4-5,7H2,1H3,(H,18,20)/t8-/m1/s1. The van der Waals surface area contributed by atoms with E-state index in [1.807, 2.05) is 6.92 Å². The molecule has 0 unspecified atom stereocenters. The normalized spacial score (nSPS) is 18.7. The maximum Gasteiger partial charge on any atom is 0.259 e. The van der Waals surface area contributed by atoms with E-state index in [1.54, 1.807) is 4.90 Å². The lowest BCUT2D eigenvalue weighted by molar-refractivity contribution is -0.0124. The lowest BCUT2D eigenvalue weighted by Crippen LogP contribution is -2.45. The molecule has 1 aromatic carbocycles. The summed E-state index contributed by atoms with van der Waals surface area (Å²) in [5.74, 6) is -1.08. The van der Waals surface area contributed by atoms with E-state index in [0.717, 1.165) is 0 Å². The fourth-order valence-corrected chi connectivity index (χ4v) is 2.73. The van der Waals surface area contributed by atoms with Crippen LogP contribution in [0.15, 0.2) is 23.1 Å². The molecule has 2 aromatic rings. The van der Waals surface area contributed by atoms with Crippen molar-refractivity contribution in [3.8, 4) is 0 Å². The Bertz CT molecular complexity index is 805. The van der Waals surface area contributed by atoms with Crippen molar-refractivity contribution in [2.75, 3.05) is 19.7 Å². The molecule has 1 aliphatic heterocycles. The molecule has 1 aliphatic rings. The summed E-state index contributed by atoms with van der Waals surface area (Å²) >= 11 is 5.69. The number of ether oxygens (including phenoxy) is 1. The molecule has 1 atom stereocenters. The van der Waals surface area contributed by atoms with Gasteiger partial charge >= 0.3 is 0 Å². The average molecular weight is 325 g/mol. The number of fused-ring (bicyclic) bond motifs is 1. The number of carbonyl (C=O) groups excluding carboxylic acids is 1. The summed E-state index contributed by atoms with van der Waals surface area (Å²) in [7, 11) is 0. The molecule has 116 valence electrons. The first kappa shape index (κ1) is 15.0. The molecule has 0 spiro atoms. The van der Waals surface area contributed by atoms with Gasteiger partial charge in [0.1, 0.15) is 5.56 Å². The van der Waals surface area contributed by atoms with E-state index >= 15 is 0 Å². The molecule has 5 nitrogen and oxygen atoms in total. The van der Waals surface area contributed by atoms with Gasteiger partial charge in [0.2, 0.25) is 5.43 Å². The topological polar surface area (TPSA) is 62.4 Å². The van der Waals surface area contributed by atoms with Gasteiger partial charge in [-0.25, -0.2) is 4.39 Å². The van der Waals surface area contributed by atoms with Crippen molar-refractivity contribution in [1.82, 2.24) is 9.88 Å². The van der Waals surface area contributed by atoms with Gasteiger partial charge in [0.05, 0.1) is 23.3 Å². The molecular weight excluding hydrogens is 311 g/mol. The van der Waals surface area contributed by atoms with Crippen molar-refractivity contribution in [3.63, 3.8) is 0 Å². The highest BCUT2D eigenvalue weighted by molar-refractivity contribution is 6.31. The van der Waals surface area contributed by atoms with Crippen LogP contribution in [0.4, 0.5) is 4.39 Å². The van der Waals surface area contributed by atoms with Crippen LogP contribution in [0.2, 0.25) is 5.02 Å². The second-order valence-electron chi connectivity index (χ2n) is 5.25. The molecule has 0 aliphatic carbocycles. The molecule has 2 heterocycles. The van der Waals surface area contributed by atoms with E-state index in [4.69, 9.17) is 16.3 Å². The Morgan fingerprint density at radius 3 is 3.00 bits per heavy atom. The zero-order valence-electron chi connectivity index (χ0n) is 11.9. The molecule has 22 heavy (non-hydrogen) atoms. The summed E-state index contributed by atoms with van der Waals surface area (Å²) in [6.07, 6.45) is 1.17. The minimum Gasteiger partial charge on any atom is -0.375 e. The lowest BCUT2D eigenvalue weighted by atomic mass is 10.1. The smallest absolute Gasteiger partial charge is 0.259 e. The highest BCUT2D eigenvalue weighted by Crippen LogP contribution is 2.21. The van der Waals surface area contributed by atoms with Gasteiger partial charge in [-0.15, -0.1) is 0 Å². The van der Waals surface area contributed by atoms with Crippen molar-refractivity contribution in [3.05, 3.63) is 45.0 Å². The van der Waals surface area contributed by atoms with Gasteiger partial charge in [0.25, 0.3) is 5.91 Å². The number of H-pyrrole nitrogens is 1. The predicted molar refractivity (Wildman–Crippen MR) is 80.9 cm³/mol. The van der Waals surface area contributed by atoms with Crippen LogP contribution in [0.5, 0.6) is 0 Å². The molecule has 1 saturated heterocycles. The second-order valence-corrected chi connectivity index (χ2v) is 5.66. The molecule has 1 fully saturated rings. The predicted octanol–water partition coefficient (Wildman–Crippen LogP) is 2.18. The Hall–Kier alpha value is -1.92. The molecule has 0 bridgehead atoms. The van der Waals surface area contributed by atoms with Crippen LogP contribution in [-0.2, 0) is 4.74 Å². The molecule has 0 saturated carbocycles. The molecule has 0 radical (unpaired) electrons. The monoisotopic (exact) mass is 324 g/mol. The number of pyridine rings is 1. The molecule has 1 amide bonds. The fourth-order valence-electron chi connectivity index (χ4n) is 2.57. The first-order valence-corrected chi connectivity index (χ1v) is 7.27. The summed E-state index contributed by atoms with van der Waals surface area (Å²) in [6.45, 7) is 3.14. The van der Waals surface area contributed by atoms with Crippen LogP contribution in [0, 0.1) is 5.82 Å². The maximum atomic E-state index is 13.9. The van der Waals surface area contributed by atoms with Gasteiger partial charge in [-0.3, -0.25) is 9.59 Å². The second kappa shape index (κ2) is 5.70. The van der Waals surface area contributed by atoms with E-state index in [2.05, 4.69) is 4.98 Å². The number of nitrogens with zero attached hydrogens (tertiary/aromatic N) is 1. The number of morpholine rings is 1. The Balaban J connectivity index is 2.05. The van der Waals surface area contributed by atoms with E-state index < -0.39 is 11.2 Å². The van der Waals surface area contributed by atoms with Crippen molar-refractivity contribution in [2.24, 2.45) is 0 Å². The Morgan fingerprint density at radius 2 is 2.27 bits per heavy atom. The highest BCUT2D eigenvalue weighted by atomic mass is 35.5. The van der Waals surface area contributed by atoms with Gasteiger partial charge in [0.15, 0.2) is 5.82 Å². The van der Waals surface area contributed by atoms with Gasteiger partial charge < -0.3 is 14.6 Å². The van der Waals surface area contributed by atoms with Crippen molar-refractivity contribution < 1.29 is 13.9 Å². The third-order valence-corrected chi connectivity index (χ3v) is 4.00. The quantitative estimate of drug-likeness (QED) is 0.874. The molecule has 3 rings (SSSR count). The number of hydrogen-bond acceptors (Lipinski definition) is 3. The van der Waals surface area contributed by atoms with Gasteiger partial charge in [-0.05, 0) is 19.1 Å². The number of hydrogen-bond donors (Lipinski definition) is 1. The van der Waals surface area contributed by atoms with Gasteiger partial charge in [-0.2, -0.15) is 0 Å². The van der Waals surface area contributed by atoms with Crippen LogP contribution in [-0.4, -0.2) is 41.6 Å². The van der Waals surface area contributed by atoms with Gasteiger partial charge in [0, 0.05) is 24.7 Å². The third-order valence-electron chi connectivity index (χ3n) is 3.70. The van der Waals surface area contributed by atoms with Gasteiger partial charge in [-0.1, -0.05) is 11.6 Å². The molecule has 1 aromatic heterocycles. The summed E-state index contributed by atoms with van der Waals surface area (Å²) in [5.41, 5.74) is -0.513. The van der Waals surface area contributed by atoms with E-state index in [-0.39, 0.29) is 33.5 Å². The minimum absolute atomic E-state index is 0.00407. The molecular formula is C15H14ClFN2O3. The van der Waals surface area contributed by atoms with Crippen LogP contribution in [0.1, 0.15) is 17.3 Å². The maximum absolute atomic E-state index is 13.9.